The van der Waals surface area contributed by atoms with E-state index in [9.17, 15) is 10.1 Å². The SMILES string of the molecule is N#C/C(=C\c1ccc(OCc2ccc(I)cc2)c(Cl)c1)C(=O)Nc1ccc(Cl)c(Cl)c1. The van der Waals surface area contributed by atoms with Gasteiger partial charge in [-0.1, -0.05) is 53.0 Å². The molecule has 1 N–H and O–H groups in total. The second-order valence-electron chi connectivity index (χ2n) is 6.36. The van der Waals surface area contributed by atoms with Crippen molar-refractivity contribution in [2.75, 3.05) is 5.32 Å². The van der Waals surface area contributed by atoms with Crippen LogP contribution in [0, 0.1) is 14.9 Å². The molecule has 0 aromatic heterocycles. The first kappa shape index (κ1) is 23.4. The molecule has 3 aromatic carbocycles. The zero-order valence-electron chi connectivity index (χ0n) is 15.8. The van der Waals surface area contributed by atoms with Gasteiger partial charge < -0.3 is 10.1 Å². The van der Waals surface area contributed by atoms with Crippen LogP contribution in [0.5, 0.6) is 5.75 Å². The quantitative estimate of drug-likeness (QED) is 0.187. The van der Waals surface area contributed by atoms with Crippen molar-refractivity contribution in [1.29, 1.82) is 5.26 Å². The summed E-state index contributed by atoms with van der Waals surface area (Å²) in [6.07, 6.45) is 1.45. The predicted molar refractivity (Wildman–Crippen MR) is 134 cm³/mol. The highest BCUT2D eigenvalue weighted by Crippen LogP contribution is 2.28. The van der Waals surface area contributed by atoms with E-state index >= 15 is 0 Å². The molecule has 156 valence electrons. The number of nitriles is 1. The molecule has 3 rings (SSSR count). The van der Waals surface area contributed by atoms with Crippen LogP contribution in [-0.2, 0) is 11.4 Å². The number of ether oxygens (including phenoxy) is 1. The van der Waals surface area contributed by atoms with Crippen LogP contribution >= 0.6 is 57.4 Å². The minimum atomic E-state index is -0.573. The molecule has 0 atom stereocenters. The maximum Gasteiger partial charge on any atom is 0.266 e. The lowest BCUT2D eigenvalue weighted by Crippen LogP contribution is -2.13. The molecule has 0 aliphatic rings. The Labute approximate surface area is 208 Å². The average molecular weight is 584 g/mol. The van der Waals surface area contributed by atoms with Crippen LogP contribution in [0.2, 0.25) is 15.1 Å². The number of anilines is 1. The van der Waals surface area contributed by atoms with Gasteiger partial charge in [-0.2, -0.15) is 5.26 Å². The summed E-state index contributed by atoms with van der Waals surface area (Å²) in [6, 6.07) is 19.6. The molecule has 31 heavy (non-hydrogen) atoms. The smallest absolute Gasteiger partial charge is 0.266 e. The molecule has 0 aliphatic heterocycles. The Hall–Kier alpha value is -2.24. The number of benzene rings is 3. The molecule has 0 saturated carbocycles. The van der Waals surface area contributed by atoms with E-state index in [1.54, 1.807) is 30.3 Å². The van der Waals surface area contributed by atoms with Crippen molar-refractivity contribution in [2.45, 2.75) is 6.61 Å². The van der Waals surface area contributed by atoms with Crippen molar-refractivity contribution < 1.29 is 9.53 Å². The molecule has 3 aromatic rings. The number of carbonyl (C=O) groups excluding carboxylic acids is 1. The lowest BCUT2D eigenvalue weighted by molar-refractivity contribution is -0.112. The van der Waals surface area contributed by atoms with Gasteiger partial charge in [0.2, 0.25) is 0 Å². The highest BCUT2D eigenvalue weighted by molar-refractivity contribution is 14.1. The van der Waals surface area contributed by atoms with Crippen LogP contribution in [0.15, 0.2) is 66.2 Å². The third-order valence-electron chi connectivity index (χ3n) is 4.12. The van der Waals surface area contributed by atoms with E-state index in [4.69, 9.17) is 39.5 Å². The maximum absolute atomic E-state index is 12.4. The Morgan fingerprint density at radius 3 is 2.39 bits per heavy atom. The summed E-state index contributed by atoms with van der Waals surface area (Å²) in [7, 11) is 0. The van der Waals surface area contributed by atoms with Crippen LogP contribution in [0.3, 0.4) is 0 Å². The Bertz CT molecular complexity index is 1190. The number of nitrogens with one attached hydrogen (secondary N) is 1. The van der Waals surface area contributed by atoms with Gasteiger partial charge in [-0.15, -0.1) is 0 Å². The standard InChI is InChI=1S/C23H14Cl3IN2O2/c24-19-7-6-18(11-20(19)25)29-23(30)16(12-28)9-15-3-8-22(21(26)10-15)31-13-14-1-4-17(27)5-2-14/h1-11H,13H2,(H,29,30)/b16-9+. The van der Waals surface area contributed by atoms with Crippen LogP contribution in [0.1, 0.15) is 11.1 Å². The van der Waals surface area contributed by atoms with Crippen LogP contribution in [0.25, 0.3) is 6.08 Å². The largest absolute Gasteiger partial charge is 0.487 e. The second-order valence-corrected chi connectivity index (χ2v) is 8.83. The van der Waals surface area contributed by atoms with Crippen molar-refractivity contribution in [2.24, 2.45) is 0 Å². The number of hydrogen-bond acceptors (Lipinski definition) is 3. The average Bonchev–Trinajstić information content (AvgIpc) is 2.75. The highest BCUT2D eigenvalue weighted by Gasteiger charge is 2.11. The maximum atomic E-state index is 12.4. The first-order valence-corrected chi connectivity index (χ1v) is 11.1. The van der Waals surface area contributed by atoms with Gasteiger partial charge in [0.15, 0.2) is 0 Å². The molecule has 4 nitrogen and oxygen atoms in total. The van der Waals surface area contributed by atoms with E-state index in [0.717, 1.165) is 9.13 Å². The Kier molecular flexibility index (Phi) is 8.22. The molecule has 0 saturated heterocycles. The van der Waals surface area contributed by atoms with E-state index in [2.05, 4.69) is 27.9 Å². The summed E-state index contributed by atoms with van der Waals surface area (Å²) in [4.78, 5) is 12.4. The number of amides is 1. The number of nitrogens with zero attached hydrogens (tertiary/aromatic N) is 1. The van der Waals surface area contributed by atoms with Gasteiger partial charge in [0.05, 0.1) is 15.1 Å². The fourth-order valence-electron chi connectivity index (χ4n) is 2.55. The minimum Gasteiger partial charge on any atom is -0.487 e. The van der Waals surface area contributed by atoms with Gasteiger partial charge >= 0.3 is 0 Å². The molecule has 0 spiro atoms. The van der Waals surface area contributed by atoms with Gasteiger partial charge in [0.1, 0.15) is 24.0 Å². The van der Waals surface area contributed by atoms with E-state index in [1.165, 1.54) is 12.1 Å². The molecular formula is C23H14Cl3IN2O2. The lowest BCUT2D eigenvalue weighted by Gasteiger charge is -2.09. The zero-order valence-corrected chi connectivity index (χ0v) is 20.3. The minimum absolute atomic E-state index is 0.0882. The van der Waals surface area contributed by atoms with E-state index < -0.39 is 5.91 Å². The van der Waals surface area contributed by atoms with Crippen LogP contribution in [-0.4, -0.2) is 5.91 Å². The molecule has 0 aliphatic carbocycles. The summed E-state index contributed by atoms with van der Waals surface area (Å²) in [5.41, 5.74) is 1.95. The molecule has 1 amide bonds. The number of rotatable bonds is 6. The first-order valence-electron chi connectivity index (χ1n) is 8.90. The molecular weight excluding hydrogens is 570 g/mol. The molecule has 0 fully saturated rings. The highest BCUT2D eigenvalue weighted by atomic mass is 127. The monoisotopic (exact) mass is 582 g/mol. The third-order valence-corrected chi connectivity index (χ3v) is 5.87. The van der Waals surface area contributed by atoms with E-state index in [0.29, 0.717) is 38.7 Å². The van der Waals surface area contributed by atoms with Crippen LogP contribution in [0.4, 0.5) is 5.69 Å². The van der Waals surface area contributed by atoms with Crippen molar-refractivity contribution in [3.63, 3.8) is 0 Å². The normalized spacial score (nSPS) is 11.0. The summed E-state index contributed by atoms with van der Waals surface area (Å²) in [6.45, 7) is 0.376. The molecule has 0 bridgehead atoms. The third kappa shape index (κ3) is 6.62. The molecule has 0 unspecified atom stereocenters. The second kappa shape index (κ2) is 10.9. The predicted octanol–water partition coefficient (Wildman–Crippen LogP) is 7.38. The number of carbonyl (C=O) groups is 1. The van der Waals surface area contributed by atoms with Crippen molar-refractivity contribution in [3.05, 3.63) is 96.0 Å². The summed E-state index contributed by atoms with van der Waals surface area (Å²) >= 11 is 20.4. The molecule has 0 heterocycles. The van der Waals surface area contributed by atoms with Gasteiger partial charge in [-0.25, -0.2) is 0 Å². The van der Waals surface area contributed by atoms with Crippen LogP contribution < -0.4 is 10.1 Å². The fraction of sp³-hybridized carbons (Fsp3) is 0.0435. The van der Waals surface area contributed by atoms with Crippen molar-refractivity contribution in [3.8, 4) is 11.8 Å². The first-order chi connectivity index (χ1) is 14.9. The Morgan fingerprint density at radius 2 is 1.74 bits per heavy atom. The van der Waals surface area contributed by atoms with Gasteiger partial charge in [-0.05, 0) is 82.3 Å². The van der Waals surface area contributed by atoms with E-state index in [-0.39, 0.29) is 5.57 Å². The van der Waals surface area contributed by atoms with Crippen molar-refractivity contribution in [1.82, 2.24) is 0 Å². The molecule has 8 heteroatoms. The van der Waals surface area contributed by atoms with Gasteiger partial charge in [-0.3, -0.25) is 4.79 Å². The Morgan fingerprint density at radius 1 is 1.00 bits per heavy atom. The topological polar surface area (TPSA) is 62.1 Å². The lowest BCUT2D eigenvalue weighted by atomic mass is 10.1. The Balaban J connectivity index is 1.70. The zero-order chi connectivity index (χ0) is 22.4. The summed E-state index contributed by atoms with van der Waals surface area (Å²) in [5.74, 6) is -0.0628. The summed E-state index contributed by atoms with van der Waals surface area (Å²) < 4.78 is 6.92. The van der Waals surface area contributed by atoms with Gasteiger partial charge in [0, 0.05) is 9.26 Å². The number of hydrogen-bond donors (Lipinski definition) is 1. The van der Waals surface area contributed by atoms with Gasteiger partial charge in [0.25, 0.3) is 5.91 Å². The molecule has 0 radical (unpaired) electrons. The van der Waals surface area contributed by atoms with Crippen molar-refractivity contribution >= 4 is 75.1 Å². The fourth-order valence-corrected chi connectivity index (χ4v) is 3.45. The number of halogens is 4. The summed E-state index contributed by atoms with van der Waals surface area (Å²) in [5, 5.41) is 13.1. The van der Waals surface area contributed by atoms with E-state index in [1.807, 2.05) is 30.3 Å².